The summed E-state index contributed by atoms with van der Waals surface area (Å²) in [6.07, 6.45) is 0. The topological polar surface area (TPSA) is 57.7 Å². The molecule has 8 heteroatoms. The molecule has 0 aromatic heterocycles. The zero-order chi connectivity index (χ0) is 23.5. The number of aryl methyl sites for hydroxylation is 2. The van der Waals surface area contributed by atoms with Crippen LogP contribution in [0, 0.1) is 13.8 Å². The van der Waals surface area contributed by atoms with Gasteiger partial charge in [-0.25, -0.2) is 8.42 Å². The molecular weight excluding hydrogens is 467 g/mol. The first-order valence-electron chi connectivity index (χ1n) is 9.92. The van der Waals surface area contributed by atoms with Crippen LogP contribution in [0.4, 0.5) is 5.69 Å². The standard InChI is InChI=1S/C24H24Cl2N2O3S/c1-17-4-12-22(13-5-17)32(30,31)28(23-14-21(26)9-6-18(23)2)16-24(29)27(3)15-19-7-10-20(25)11-8-19/h4-14H,15-16H2,1-3H3. The molecule has 5 nitrogen and oxygen atoms in total. The lowest BCUT2D eigenvalue weighted by molar-refractivity contribution is -0.128. The molecule has 32 heavy (non-hydrogen) atoms. The average Bonchev–Trinajstić information content (AvgIpc) is 2.75. The van der Waals surface area contributed by atoms with Gasteiger partial charge in [-0.3, -0.25) is 9.10 Å². The Bertz CT molecular complexity index is 1210. The summed E-state index contributed by atoms with van der Waals surface area (Å²) >= 11 is 12.1. The van der Waals surface area contributed by atoms with Gasteiger partial charge < -0.3 is 4.90 Å². The molecule has 0 aliphatic carbocycles. The maximum atomic E-state index is 13.6. The van der Waals surface area contributed by atoms with E-state index in [1.54, 1.807) is 68.6 Å². The quantitative estimate of drug-likeness (QED) is 0.441. The molecule has 0 aliphatic rings. The molecule has 1 amide bonds. The van der Waals surface area contributed by atoms with Crippen molar-refractivity contribution in [2.24, 2.45) is 0 Å². The van der Waals surface area contributed by atoms with Gasteiger partial charge >= 0.3 is 0 Å². The summed E-state index contributed by atoms with van der Waals surface area (Å²) in [5.41, 5.74) is 2.88. The van der Waals surface area contributed by atoms with Crippen molar-refractivity contribution in [2.75, 3.05) is 17.9 Å². The van der Waals surface area contributed by atoms with Crippen molar-refractivity contribution in [2.45, 2.75) is 25.3 Å². The van der Waals surface area contributed by atoms with Gasteiger partial charge in [0, 0.05) is 23.6 Å². The van der Waals surface area contributed by atoms with Crippen molar-refractivity contribution in [1.29, 1.82) is 0 Å². The van der Waals surface area contributed by atoms with Crippen LogP contribution in [0.2, 0.25) is 10.0 Å². The number of nitrogens with zero attached hydrogens (tertiary/aromatic N) is 2. The number of halogens is 2. The molecule has 3 aromatic rings. The minimum absolute atomic E-state index is 0.107. The Morgan fingerprint density at radius 3 is 2.09 bits per heavy atom. The highest BCUT2D eigenvalue weighted by Crippen LogP contribution is 2.30. The first-order valence-corrected chi connectivity index (χ1v) is 12.1. The Labute approximate surface area is 199 Å². The van der Waals surface area contributed by atoms with Gasteiger partial charge in [-0.2, -0.15) is 0 Å². The Balaban J connectivity index is 1.95. The minimum Gasteiger partial charge on any atom is -0.340 e. The molecule has 0 unspecified atom stereocenters. The molecule has 3 aromatic carbocycles. The molecule has 3 rings (SSSR count). The summed E-state index contributed by atoms with van der Waals surface area (Å²) in [7, 11) is -2.37. The molecule has 0 aliphatic heterocycles. The van der Waals surface area contributed by atoms with Crippen LogP contribution in [0.1, 0.15) is 16.7 Å². The molecule has 0 N–H and O–H groups in total. The summed E-state index contributed by atoms with van der Waals surface area (Å²) in [4.78, 5) is 14.7. The SMILES string of the molecule is Cc1ccc(S(=O)(=O)N(CC(=O)N(C)Cc2ccc(Cl)cc2)c2cc(Cl)ccc2C)cc1. The number of hydrogen-bond donors (Lipinski definition) is 0. The third-order valence-electron chi connectivity index (χ3n) is 5.09. The zero-order valence-corrected chi connectivity index (χ0v) is 20.4. The smallest absolute Gasteiger partial charge is 0.264 e. The van der Waals surface area contributed by atoms with Crippen molar-refractivity contribution in [3.63, 3.8) is 0 Å². The molecule has 0 bridgehead atoms. The Morgan fingerprint density at radius 2 is 1.47 bits per heavy atom. The minimum atomic E-state index is -4.01. The molecule has 0 heterocycles. The van der Waals surface area contributed by atoms with Gasteiger partial charge in [0.15, 0.2) is 0 Å². The van der Waals surface area contributed by atoms with Crippen molar-refractivity contribution in [3.8, 4) is 0 Å². The third kappa shape index (κ3) is 5.63. The summed E-state index contributed by atoms with van der Waals surface area (Å²) in [5.74, 6) is -0.352. The lowest BCUT2D eigenvalue weighted by Crippen LogP contribution is -2.41. The largest absolute Gasteiger partial charge is 0.340 e. The first-order chi connectivity index (χ1) is 15.1. The number of carbonyl (C=O) groups is 1. The van der Waals surface area contributed by atoms with Crippen molar-refractivity contribution < 1.29 is 13.2 Å². The van der Waals surface area contributed by atoms with Crippen LogP contribution < -0.4 is 4.31 Å². The number of likely N-dealkylation sites (N-methyl/N-ethyl adjacent to an activating group) is 1. The number of benzene rings is 3. The van der Waals surface area contributed by atoms with E-state index in [1.165, 1.54) is 4.90 Å². The third-order valence-corrected chi connectivity index (χ3v) is 7.35. The molecular formula is C24H24Cl2N2O3S. The van der Waals surface area contributed by atoms with E-state index < -0.39 is 10.0 Å². The summed E-state index contributed by atoms with van der Waals surface area (Å²) in [6.45, 7) is 3.63. The van der Waals surface area contributed by atoms with E-state index in [9.17, 15) is 13.2 Å². The number of carbonyl (C=O) groups excluding carboxylic acids is 1. The van der Waals surface area contributed by atoms with E-state index in [1.807, 2.05) is 19.1 Å². The summed E-state index contributed by atoms with van der Waals surface area (Å²) < 4.78 is 28.2. The van der Waals surface area contributed by atoms with Gasteiger partial charge in [-0.15, -0.1) is 0 Å². The summed E-state index contributed by atoms with van der Waals surface area (Å²) in [6, 6.07) is 18.7. The van der Waals surface area contributed by atoms with E-state index in [0.717, 1.165) is 15.4 Å². The fraction of sp³-hybridized carbons (Fsp3) is 0.208. The van der Waals surface area contributed by atoms with Gasteiger partial charge in [0.25, 0.3) is 10.0 Å². The Morgan fingerprint density at radius 1 is 0.875 bits per heavy atom. The number of sulfonamides is 1. The van der Waals surface area contributed by atoms with Gasteiger partial charge in [-0.1, -0.05) is 59.1 Å². The van der Waals surface area contributed by atoms with Crippen LogP contribution in [0.3, 0.4) is 0 Å². The van der Waals surface area contributed by atoms with Crippen LogP contribution >= 0.6 is 23.2 Å². The van der Waals surface area contributed by atoms with Crippen LogP contribution in [0.25, 0.3) is 0 Å². The lowest BCUT2D eigenvalue weighted by Gasteiger charge is -2.28. The van der Waals surface area contributed by atoms with Crippen LogP contribution in [0.15, 0.2) is 71.6 Å². The van der Waals surface area contributed by atoms with Crippen molar-refractivity contribution in [1.82, 2.24) is 4.90 Å². The lowest BCUT2D eigenvalue weighted by atomic mass is 10.2. The number of amides is 1. The fourth-order valence-electron chi connectivity index (χ4n) is 3.18. The average molecular weight is 491 g/mol. The highest BCUT2D eigenvalue weighted by molar-refractivity contribution is 7.92. The van der Waals surface area contributed by atoms with Crippen LogP contribution in [0.5, 0.6) is 0 Å². The normalized spacial score (nSPS) is 11.3. The first kappa shape index (κ1) is 24.1. The van der Waals surface area contributed by atoms with Gasteiger partial charge in [0.1, 0.15) is 6.54 Å². The number of rotatable bonds is 7. The van der Waals surface area contributed by atoms with Gasteiger partial charge in [0.2, 0.25) is 5.91 Å². The molecule has 0 saturated carbocycles. The predicted octanol–water partition coefficient (Wildman–Crippen LogP) is 5.46. The van der Waals surface area contributed by atoms with E-state index in [0.29, 0.717) is 27.8 Å². The Hall–Kier alpha value is -2.54. The predicted molar refractivity (Wildman–Crippen MR) is 130 cm³/mol. The maximum absolute atomic E-state index is 13.6. The van der Waals surface area contributed by atoms with E-state index in [2.05, 4.69) is 0 Å². The second-order valence-corrected chi connectivity index (χ2v) is 10.4. The zero-order valence-electron chi connectivity index (χ0n) is 18.0. The maximum Gasteiger partial charge on any atom is 0.264 e. The fourth-order valence-corrected chi connectivity index (χ4v) is 4.95. The van der Waals surface area contributed by atoms with Crippen LogP contribution in [-0.2, 0) is 21.4 Å². The van der Waals surface area contributed by atoms with E-state index in [4.69, 9.17) is 23.2 Å². The second kappa shape index (κ2) is 9.94. The van der Waals surface area contributed by atoms with Gasteiger partial charge in [0.05, 0.1) is 10.6 Å². The highest BCUT2D eigenvalue weighted by Gasteiger charge is 2.29. The Kier molecular flexibility index (Phi) is 7.49. The monoisotopic (exact) mass is 490 g/mol. The molecule has 0 saturated heterocycles. The number of hydrogen-bond acceptors (Lipinski definition) is 3. The molecule has 0 spiro atoms. The molecule has 0 fully saturated rings. The summed E-state index contributed by atoms with van der Waals surface area (Å²) in [5, 5.41) is 0.992. The van der Waals surface area contributed by atoms with E-state index in [-0.39, 0.29) is 17.3 Å². The van der Waals surface area contributed by atoms with Gasteiger partial charge in [-0.05, 0) is 61.4 Å². The molecule has 168 valence electrons. The van der Waals surface area contributed by atoms with Crippen LogP contribution in [-0.4, -0.2) is 32.8 Å². The molecule has 0 atom stereocenters. The number of anilines is 1. The highest BCUT2D eigenvalue weighted by atomic mass is 35.5. The van der Waals surface area contributed by atoms with Crippen molar-refractivity contribution in [3.05, 3.63) is 93.5 Å². The van der Waals surface area contributed by atoms with Crippen molar-refractivity contribution >= 4 is 44.8 Å². The van der Waals surface area contributed by atoms with E-state index >= 15 is 0 Å². The molecule has 0 radical (unpaired) electrons. The second-order valence-electron chi connectivity index (χ2n) is 7.63.